The molecule has 0 atom stereocenters. The second-order valence-corrected chi connectivity index (χ2v) is 7.01. The van der Waals surface area contributed by atoms with Crippen LogP contribution in [0.1, 0.15) is 23.1 Å². The minimum Gasteiger partial charge on any atom is -0.467 e. The Bertz CT molecular complexity index is 773. The SMILES string of the molecule is OCCCN(Cc1ccc(Cl)c(Cl)c1)Cc1cc(F)cc2c1OCOC2. The molecule has 2 aromatic rings. The van der Waals surface area contributed by atoms with E-state index in [-0.39, 0.29) is 19.2 Å². The van der Waals surface area contributed by atoms with Crippen LogP contribution in [0, 0.1) is 5.82 Å². The Morgan fingerprint density at radius 2 is 1.96 bits per heavy atom. The van der Waals surface area contributed by atoms with E-state index in [1.807, 2.05) is 12.1 Å². The van der Waals surface area contributed by atoms with Gasteiger partial charge in [-0.15, -0.1) is 0 Å². The van der Waals surface area contributed by atoms with Crippen molar-refractivity contribution in [1.82, 2.24) is 4.90 Å². The fourth-order valence-electron chi connectivity index (χ4n) is 3.02. The molecule has 0 unspecified atom stereocenters. The fourth-order valence-corrected chi connectivity index (χ4v) is 3.34. The highest BCUT2D eigenvalue weighted by molar-refractivity contribution is 6.42. The molecule has 2 aromatic carbocycles. The van der Waals surface area contributed by atoms with E-state index in [4.69, 9.17) is 32.7 Å². The topological polar surface area (TPSA) is 41.9 Å². The van der Waals surface area contributed by atoms with Gasteiger partial charge in [0.2, 0.25) is 0 Å². The first-order valence-corrected chi connectivity index (χ1v) is 9.11. The van der Waals surface area contributed by atoms with E-state index in [0.29, 0.717) is 54.0 Å². The maximum Gasteiger partial charge on any atom is 0.189 e. The molecule has 0 amide bonds. The van der Waals surface area contributed by atoms with Gasteiger partial charge in [0.1, 0.15) is 11.6 Å². The molecular weight excluding hydrogens is 380 g/mol. The van der Waals surface area contributed by atoms with Gasteiger partial charge in [0, 0.05) is 37.4 Å². The summed E-state index contributed by atoms with van der Waals surface area (Å²) in [5.74, 6) is 0.366. The Labute approximate surface area is 162 Å². The predicted molar refractivity (Wildman–Crippen MR) is 99.0 cm³/mol. The van der Waals surface area contributed by atoms with Gasteiger partial charge < -0.3 is 14.6 Å². The molecule has 0 aliphatic carbocycles. The smallest absolute Gasteiger partial charge is 0.189 e. The molecule has 140 valence electrons. The van der Waals surface area contributed by atoms with E-state index in [0.717, 1.165) is 11.1 Å². The normalized spacial score (nSPS) is 13.6. The van der Waals surface area contributed by atoms with Gasteiger partial charge >= 0.3 is 0 Å². The summed E-state index contributed by atoms with van der Waals surface area (Å²) < 4.78 is 24.8. The van der Waals surface area contributed by atoms with E-state index in [1.165, 1.54) is 12.1 Å². The Kier molecular flexibility index (Phi) is 6.73. The van der Waals surface area contributed by atoms with Crippen molar-refractivity contribution in [3.8, 4) is 5.75 Å². The number of fused-ring (bicyclic) bond motifs is 1. The number of aliphatic hydroxyl groups is 1. The Hall–Kier alpha value is -1.37. The van der Waals surface area contributed by atoms with Crippen molar-refractivity contribution in [1.29, 1.82) is 0 Å². The van der Waals surface area contributed by atoms with Gasteiger partial charge in [-0.3, -0.25) is 4.90 Å². The molecule has 7 heteroatoms. The zero-order valence-corrected chi connectivity index (χ0v) is 15.7. The highest BCUT2D eigenvalue weighted by Gasteiger charge is 2.19. The zero-order valence-electron chi connectivity index (χ0n) is 14.2. The summed E-state index contributed by atoms with van der Waals surface area (Å²) in [7, 11) is 0. The van der Waals surface area contributed by atoms with Gasteiger partial charge in [-0.2, -0.15) is 0 Å². The van der Waals surface area contributed by atoms with Crippen molar-refractivity contribution < 1.29 is 19.0 Å². The van der Waals surface area contributed by atoms with Crippen molar-refractivity contribution in [2.45, 2.75) is 26.1 Å². The summed E-state index contributed by atoms with van der Waals surface area (Å²) in [5.41, 5.74) is 2.47. The maximum atomic E-state index is 14.0. The molecule has 1 N–H and O–H groups in total. The lowest BCUT2D eigenvalue weighted by Gasteiger charge is -2.26. The molecule has 1 aliphatic rings. The van der Waals surface area contributed by atoms with Crippen molar-refractivity contribution in [3.63, 3.8) is 0 Å². The lowest BCUT2D eigenvalue weighted by Crippen LogP contribution is -2.26. The third-order valence-corrected chi connectivity index (χ3v) is 4.91. The Balaban J connectivity index is 1.82. The molecule has 1 heterocycles. The van der Waals surface area contributed by atoms with Gasteiger partial charge in [-0.1, -0.05) is 29.3 Å². The summed E-state index contributed by atoms with van der Waals surface area (Å²) >= 11 is 12.1. The van der Waals surface area contributed by atoms with E-state index < -0.39 is 0 Å². The molecule has 0 saturated carbocycles. The first kappa shape index (κ1) is 19.4. The highest BCUT2D eigenvalue weighted by atomic mass is 35.5. The quantitative estimate of drug-likeness (QED) is 0.749. The molecule has 0 spiro atoms. The predicted octanol–water partition coefficient (Wildman–Crippen LogP) is 4.38. The minimum absolute atomic E-state index is 0.0868. The van der Waals surface area contributed by atoms with Crippen LogP contribution in [0.2, 0.25) is 10.0 Å². The molecular formula is C19H20Cl2FNO3. The van der Waals surface area contributed by atoms with Crippen LogP contribution >= 0.6 is 23.2 Å². The van der Waals surface area contributed by atoms with Crippen molar-refractivity contribution in [2.24, 2.45) is 0 Å². The first-order chi connectivity index (χ1) is 12.6. The van der Waals surface area contributed by atoms with Gasteiger partial charge in [0.15, 0.2) is 6.79 Å². The van der Waals surface area contributed by atoms with E-state index in [2.05, 4.69) is 4.90 Å². The summed E-state index contributed by atoms with van der Waals surface area (Å²) in [6.07, 6.45) is 0.614. The van der Waals surface area contributed by atoms with Crippen LogP contribution in [0.5, 0.6) is 5.75 Å². The summed E-state index contributed by atoms with van der Waals surface area (Å²) in [6.45, 7) is 2.32. The third-order valence-electron chi connectivity index (χ3n) is 4.17. The van der Waals surface area contributed by atoms with Gasteiger partial charge in [0.25, 0.3) is 0 Å². The van der Waals surface area contributed by atoms with Crippen LogP contribution in [0.3, 0.4) is 0 Å². The first-order valence-electron chi connectivity index (χ1n) is 8.36. The van der Waals surface area contributed by atoms with E-state index >= 15 is 0 Å². The van der Waals surface area contributed by atoms with Crippen LogP contribution in [0.25, 0.3) is 0 Å². The molecule has 4 nitrogen and oxygen atoms in total. The number of hydrogen-bond donors (Lipinski definition) is 1. The molecule has 3 rings (SSSR count). The van der Waals surface area contributed by atoms with Crippen molar-refractivity contribution >= 4 is 23.2 Å². The maximum absolute atomic E-state index is 14.0. The average Bonchev–Trinajstić information content (AvgIpc) is 2.62. The highest BCUT2D eigenvalue weighted by Crippen LogP contribution is 2.31. The molecule has 0 fully saturated rings. The number of benzene rings is 2. The van der Waals surface area contributed by atoms with Gasteiger partial charge in [-0.25, -0.2) is 4.39 Å². The molecule has 26 heavy (non-hydrogen) atoms. The standard InChI is InChI=1S/C19H20Cl2FNO3/c20-17-3-2-13(6-18(17)21)9-23(4-1-5-24)10-14-7-16(22)8-15-11-25-12-26-19(14)15/h2-3,6-8,24H,1,4-5,9-12H2. The number of nitrogens with zero attached hydrogens (tertiary/aromatic N) is 1. The third kappa shape index (κ3) is 4.87. The van der Waals surface area contributed by atoms with Crippen LogP contribution in [0.4, 0.5) is 4.39 Å². The lowest BCUT2D eigenvalue weighted by atomic mass is 10.1. The molecule has 0 saturated heterocycles. The largest absolute Gasteiger partial charge is 0.467 e. The van der Waals surface area contributed by atoms with E-state index in [1.54, 1.807) is 6.07 Å². The van der Waals surface area contributed by atoms with Crippen LogP contribution in [-0.2, 0) is 24.4 Å². The molecule has 1 aliphatic heterocycles. The molecule has 0 bridgehead atoms. The monoisotopic (exact) mass is 399 g/mol. The fraction of sp³-hybridized carbons (Fsp3) is 0.368. The van der Waals surface area contributed by atoms with Gasteiger partial charge in [-0.05, 0) is 36.2 Å². The van der Waals surface area contributed by atoms with Crippen LogP contribution in [0.15, 0.2) is 30.3 Å². The average molecular weight is 400 g/mol. The molecule has 0 radical (unpaired) electrons. The van der Waals surface area contributed by atoms with Crippen molar-refractivity contribution in [2.75, 3.05) is 19.9 Å². The summed E-state index contributed by atoms with van der Waals surface area (Å²) in [6, 6.07) is 8.42. The minimum atomic E-state index is -0.315. The van der Waals surface area contributed by atoms with Crippen LogP contribution < -0.4 is 4.74 Å². The second-order valence-electron chi connectivity index (χ2n) is 6.20. The number of aliphatic hydroxyl groups excluding tert-OH is 1. The number of ether oxygens (including phenoxy) is 2. The summed E-state index contributed by atoms with van der Waals surface area (Å²) in [4.78, 5) is 2.11. The molecule has 0 aromatic heterocycles. The lowest BCUT2D eigenvalue weighted by molar-refractivity contribution is -0.0177. The van der Waals surface area contributed by atoms with Crippen molar-refractivity contribution in [3.05, 3.63) is 62.9 Å². The van der Waals surface area contributed by atoms with Crippen LogP contribution in [-0.4, -0.2) is 30.0 Å². The summed E-state index contributed by atoms with van der Waals surface area (Å²) in [5, 5.41) is 10.2. The van der Waals surface area contributed by atoms with E-state index in [9.17, 15) is 9.50 Å². The Morgan fingerprint density at radius 1 is 1.12 bits per heavy atom. The zero-order chi connectivity index (χ0) is 18.5. The van der Waals surface area contributed by atoms with Gasteiger partial charge in [0.05, 0.1) is 16.7 Å². The second kappa shape index (κ2) is 9.02. The number of hydrogen-bond acceptors (Lipinski definition) is 4. The number of halogens is 3. The number of rotatable bonds is 7. The Morgan fingerprint density at radius 3 is 2.73 bits per heavy atom.